The lowest BCUT2D eigenvalue weighted by Crippen LogP contribution is -2.74. The molecular weight excluding hydrogens is 394 g/mol. The predicted octanol–water partition coefficient (Wildman–Crippen LogP) is 5.27. The molecule has 0 bridgehead atoms. The van der Waals surface area contributed by atoms with E-state index in [1.54, 1.807) is 7.11 Å². The van der Waals surface area contributed by atoms with Gasteiger partial charge >= 0.3 is 0 Å². The van der Waals surface area contributed by atoms with Crippen LogP contribution in [0.25, 0.3) is 0 Å². The maximum Gasteiger partial charge on any atom is 0.271 e. The van der Waals surface area contributed by atoms with Crippen LogP contribution in [0.3, 0.4) is 0 Å². The molecule has 0 aliphatic carbocycles. The Morgan fingerprint density at radius 2 is 1.63 bits per heavy atom. The van der Waals surface area contributed by atoms with Crippen LogP contribution in [0.1, 0.15) is 18.9 Å². The van der Waals surface area contributed by atoms with Crippen molar-refractivity contribution < 1.29 is 14.3 Å². The quantitative estimate of drug-likeness (QED) is 0.542. The molecule has 0 radical (unpaired) electrons. The molecule has 0 unspecified atom stereocenters. The molecule has 1 saturated heterocycles. The molecule has 1 amide bonds. The second-order valence-corrected chi connectivity index (χ2v) is 9.22. The summed E-state index contributed by atoms with van der Waals surface area (Å²) < 4.78 is 11.7. The van der Waals surface area contributed by atoms with Gasteiger partial charge in [-0.25, -0.2) is 0 Å². The van der Waals surface area contributed by atoms with Crippen LogP contribution in [0.5, 0.6) is 11.5 Å². The van der Waals surface area contributed by atoms with Gasteiger partial charge in [-0.3, -0.25) is 9.69 Å². The highest BCUT2D eigenvalue weighted by molar-refractivity contribution is 8.00. The Morgan fingerprint density at radius 1 is 0.933 bits per heavy atom. The van der Waals surface area contributed by atoms with Crippen LogP contribution in [0.2, 0.25) is 0 Å². The zero-order valence-corrected chi connectivity index (χ0v) is 17.8. The number of ether oxygens (including phenoxy) is 2. The van der Waals surface area contributed by atoms with Crippen LogP contribution < -0.4 is 14.4 Å². The first-order valence-corrected chi connectivity index (χ1v) is 11.0. The van der Waals surface area contributed by atoms with Crippen LogP contribution >= 0.6 is 11.8 Å². The van der Waals surface area contributed by atoms with E-state index in [1.165, 1.54) is 0 Å². The second kappa shape index (κ2) is 7.40. The van der Waals surface area contributed by atoms with E-state index in [0.29, 0.717) is 11.0 Å². The number of hydrogen-bond donors (Lipinski definition) is 0. The Labute approximate surface area is 180 Å². The van der Waals surface area contributed by atoms with E-state index in [2.05, 4.69) is 25.1 Å². The van der Waals surface area contributed by atoms with Crippen LogP contribution in [0, 0.1) is 0 Å². The average molecular weight is 418 g/mol. The number of carbonyl (C=O) groups excluding carboxylic acids is 1. The molecule has 0 saturated carbocycles. The summed E-state index contributed by atoms with van der Waals surface area (Å²) in [5.41, 5.74) is 1.45. The first-order valence-electron chi connectivity index (χ1n) is 10.1. The van der Waals surface area contributed by atoms with Gasteiger partial charge in [0.15, 0.2) is 0 Å². The lowest BCUT2D eigenvalue weighted by molar-refractivity contribution is -0.142. The zero-order chi connectivity index (χ0) is 20.7. The van der Waals surface area contributed by atoms with Gasteiger partial charge in [0.25, 0.3) is 5.91 Å². The van der Waals surface area contributed by atoms with Crippen molar-refractivity contribution in [2.45, 2.75) is 35.1 Å². The first-order chi connectivity index (χ1) is 14.6. The van der Waals surface area contributed by atoms with E-state index in [-0.39, 0.29) is 5.91 Å². The first kappa shape index (κ1) is 19.1. The van der Waals surface area contributed by atoms with Gasteiger partial charge in [0.2, 0.25) is 6.10 Å². The van der Waals surface area contributed by atoms with Crippen molar-refractivity contribution in [1.29, 1.82) is 0 Å². The fourth-order valence-electron chi connectivity index (χ4n) is 4.60. The third-order valence-electron chi connectivity index (χ3n) is 5.90. The van der Waals surface area contributed by atoms with E-state index < -0.39 is 11.6 Å². The van der Waals surface area contributed by atoms with Crippen molar-refractivity contribution in [2.24, 2.45) is 0 Å². The number of hydrogen-bond acceptors (Lipinski definition) is 4. The number of anilines is 1. The van der Waals surface area contributed by atoms with E-state index in [1.807, 2.05) is 77.3 Å². The van der Waals surface area contributed by atoms with Gasteiger partial charge in [0.05, 0.1) is 12.8 Å². The minimum atomic E-state index is -0.581. The molecule has 0 aromatic heterocycles. The lowest BCUT2D eigenvalue weighted by Gasteiger charge is -2.56. The number of fused-ring (bicyclic) bond motifs is 3. The fraction of sp³-hybridized carbons (Fsp3) is 0.240. The Bertz CT molecular complexity index is 1070. The molecule has 2 aliphatic heterocycles. The summed E-state index contributed by atoms with van der Waals surface area (Å²) in [5.74, 6) is 1.50. The molecule has 3 aromatic carbocycles. The second-order valence-electron chi connectivity index (χ2n) is 7.74. The van der Waals surface area contributed by atoms with E-state index in [9.17, 15) is 4.79 Å². The monoisotopic (exact) mass is 417 g/mol. The third-order valence-corrected chi connectivity index (χ3v) is 7.07. The lowest BCUT2D eigenvalue weighted by atomic mass is 9.71. The molecule has 30 heavy (non-hydrogen) atoms. The van der Waals surface area contributed by atoms with Crippen molar-refractivity contribution in [3.8, 4) is 11.5 Å². The topological polar surface area (TPSA) is 38.8 Å². The molecular formula is C25H23NO3S. The molecule has 0 N–H and O–H groups in total. The van der Waals surface area contributed by atoms with Crippen molar-refractivity contribution in [2.75, 3.05) is 12.0 Å². The standard InChI is InChI=1S/C25H23NO3S/c1-17-16-25(18-12-14-19(28-2)15-13-18)23(29-20-8-4-3-5-9-20)24(27)26(25)21-10-6-7-11-22(21)30-17/h3-15,17,23H,16H2,1-2H3/t17-,23+,25+/m0/s1. The largest absolute Gasteiger partial charge is 0.497 e. The number of benzene rings is 3. The SMILES string of the molecule is COc1ccc([C@@]23C[C@H](C)Sc4ccccc4N2C(=O)[C@H]3Oc2ccccc2)cc1. The average Bonchev–Trinajstić information content (AvgIpc) is 2.90. The van der Waals surface area contributed by atoms with Gasteiger partial charge in [-0.05, 0) is 48.4 Å². The Hall–Kier alpha value is -2.92. The highest BCUT2D eigenvalue weighted by Crippen LogP contribution is 2.55. The molecule has 0 spiro atoms. The van der Waals surface area contributed by atoms with Crippen molar-refractivity contribution in [1.82, 2.24) is 0 Å². The predicted molar refractivity (Wildman–Crippen MR) is 119 cm³/mol. The molecule has 3 atom stereocenters. The minimum Gasteiger partial charge on any atom is -0.497 e. The molecule has 152 valence electrons. The van der Waals surface area contributed by atoms with E-state index in [4.69, 9.17) is 9.47 Å². The summed E-state index contributed by atoms with van der Waals surface area (Å²) in [5, 5.41) is 0.313. The summed E-state index contributed by atoms with van der Waals surface area (Å²) in [6.07, 6.45) is 0.213. The van der Waals surface area contributed by atoms with Gasteiger partial charge < -0.3 is 9.47 Å². The third kappa shape index (κ3) is 2.88. The summed E-state index contributed by atoms with van der Waals surface area (Å²) in [6.45, 7) is 2.22. The van der Waals surface area contributed by atoms with E-state index >= 15 is 0 Å². The van der Waals surface area contributed by atoms with Crippen LogP contribution in [-0.2, 0) is 10.3 Å². The van der Waals surface area contributed by atoms with Crippen LogP contribution in [0.15, 0.2) is 83.8 Å². The van der Waals surface area contributed by atoms with Gasteiger partial charge in [-0.1, -0.05) is 49.4 Å². The molecule has 1 fully saturated rings. The molecule has 2 aliphatic rings. The molecule has 2 heterocycles. The number of methoxy groups -OCH3 is 1. The maximum atomic E-state index is 13.5. The normalized spacial score (nSPS) is 24.9. The number of carbonyl (C=O) groups is 1. The molecule has 5 heteroatoms. The molecule has 5 rings (SSSR count). The fourth-order valence-corrected chi connectivity index (χ4v) is 5.81. The smallest absolute Gasteiger partial charge is 0.271 e. The Kier molecular flexibility index (Phi) is 4.70. The van der Waals surface area contributed by atoms with Gasteiger partial charge in [-0.2, -0.15) is 0 Å². The van der Waals surface area contributed by atoms with Crippen molar-refractivity contribution in [3.63, 3.8) is 0 Å². The molecule has 3 aromatic rings. The summed E-state index contributed by atoms with van der Waals surface area (Å²) in [7, 11) is 1.66. The number of thioether (sulfide) groups is 1. The highest BCUT2D eigenvalue weighted by atomic mass is 32.2. The molecule has 4 nitrogen and oxygen atoms in total. The van der Waals surface area contributed by atoms with Crippen LogP contribution in [0.4, 0.5) is 5.69 Å². The highest BCUT2D eigenvalue weighted by Gasteiger charge is 2.65. The van der Waals surface area contributed by atoms with Gasteiger partial charge in [-0.15, -0.1) is 11.8 Å². The zero-order valence-electron chi connectivity index (χ0n) is 16.9. The summed E-state index contributed by atoms with van der Waals surface area (Å²) in [6, 6.07) is 25.8. The maximum absolute atomic E-state index is 13.5. The van der Waals surface area contributed by atoms with Crippen molar-refractivity contribution >= 4 is 23.4 Å². The minimum absolute atomic E-state index is 0.00294. The summed E-state index contributed by atoms with van der Waals surface area (Å²) in [4.78, 5) is 16.6. The van der Waals surface area contributed by atoms with E-state index in [0.717, 1.165) is 28.3 Å². The summed E-state index contributed by atoms with van der Waals surface area (Å²) >= 11 is 1.82. The van der Waals surface area contributed by atoms with Crippen molar-refractivity contribution in [3.05, 3.63) is 84.4 Å². The Morgan fingerprint density at radius 3 is 2.37 bits per heavy atom. The number of para-hydroxylation sites is 2. The number of amides is 1. The van der Waals surface area contributed by atoms with Crippen LogP contribution in [-0.4, -0.2) is 24.4 Å². The number of nitrogens with zero attached hydrogens (tertiary/aromatic N) is 1. The Balaban J connectivity index is 1.66. The number of β-lactam (4-membered cyclic amide) rings is 1. The van der Waals surface area contributed by atoms with Gasteiger partial charge in [0, 0.05) is 10.1 Å². The van der Waals surface area contributed by atoms with Gasteiger partial charge in [0.1, 0.15) is 17.0 Å². The number of rotatable bonds is 4.